The van der Waals surface area contributed by atoms with E-state index in [1.54, 1.807) is 17.4 Å². The summed E-state index contributed by atoms with van der Waals surface area (Å²) in [7, 11) is 0. The molecule has 0 aromatic carbocycles. The van der Waals surface area contributed by atoms with E-state index in [0.29, 0.717) is 17.2 Å². The molecule has 0 saturated heterocycles. The molecule has 7 heteroatoms. The van der Waals surface area contributed by atoms with Crippen molar-refractivity contribution < 1.29 is 4.42 Å². The van der Waals surface area contributed by atoms with Crippen molar-refractivity contribution in [3.63, 3.8) is 0 Å². The van der Waals surface area contributed by atoms with Crippen molar-refractivity contribution in [1.29, 1.82) is 0 Å². The van der Waals surface area contributed by atoms with Crippen molar-refractivity contribution in [2.24, 2.45) is 5.73 Å². The van der Waals surface area contributed by atoms with Gasteiger partial charge in [-0.2, -0.15) is 0 Å². The Morgan fingerprint density at radius 2 is 2.35 bits per heavy atom. The zero-order valence-corrected chi connectivity index (χ0v) is 15.8. The maximum atomic E-state index is 6.16. The van der Waals surface area contributed by atoms with Crippen LogP contribution in [0, 0.1) is 0 Å². The molecule has 122 valence electrons. The first-order valence-electron chi connectivity index (χ1n) is 7.37. The fourth-order valence-electron chi connectivity index (χ4n) is 2.29. The third-order valence-electron chi connectivity index (χ3n) is 3.62. The van der Waals surface area contributed by atoms with Crippen LogP contribution in [-0.2, 0) is 13.0 Å². The van der Waals surface area contributed by atoms with Gasteiger partial charge in [0.1, 0.15) is 16.4 Å². The van der Waals surface area contributed by atoms with Crippen molar-refractivity contribution >= 4 is 55.7 Å². The summed E-state index contributed by atoms with van der Waals surface area (Å²) >= 11 is 11.4. The van der Waals surface area contributed by atoms with Gasteiger partial charge in [-0.15, -0.1) is 11.3 Å². The molecule has 23 heavy (non-hydrogen) atoms. The smallest absolute Gasteiger partial charge is 0.177 e. The van der Waals surface area contributed by atoms with E-state index < -0.39 is 0 Å². The van der Waals surface area contributed by atoms with E-state index in [2.05, 4.69) is 44.6 Å². The predicted octanol–water partition coefficient (Wildman–Crippen LogP) is 5.20. The van der Waals surface area contributed by atoms with Crippen LogP contribution in [0.5, 0.6) is 0 Å². The Morgan fingerprint density at radius 1 is 1.52 bits per heavy atom. The van der Waals surface area contributed by atoms with Crippen LogP contribution in [-0.4, -0.2) is 11.0 Å². The van der Waals surface area contributed by atoms with Crippen LogP contribution in [0.25, 0.3) is 11.1 Å². The molecule has 3 heterocycles. The lowest BCUT2D eigenvalue weighted by molar-refractivity contribution is 0.506. The topological polar surface area (TPSA) is 64.1 Å². The number of rotatable bonds is 6. The summed E-state index contributed by atoms with van der Waals surface area (Å²) in [5, 5.41) is 5.86. The molecule has 0 aliphatic carbocycles. The standard InChI is InChI=1S/C16H17BrClN3OS/c1-2-9(19)6-12-14(17)15-16(22-12)11(7-13(18)21-15)20-8-10-4-3-5-23-10/h3-5,7,9H,2,6,8,19H2,1H3,(H,20,21)/t9-/m0/s1. The number of pyridine rings is 1. The first-order valence-corrected chi connectivity index (χ1v) is 9.42. The average molecular weight is 415 g/mol. The highest BCUT2D eigenvalue weighted by Gasteiger charge is 2.19. The lowest BCUT2D eigenvalue weighted by Crippen LogP contribution is -2.21. The minimum atomic E-state index is 0.0601. The molecule has 3 aromatic rings. The maximum Gasteiger partial charge on any atom is 0.177 e. The van der Waals surface area contributed by atoms with E-state index >= 15 is 0 Å². The third-order valence-corrected chi connectivity index (χ3v) is 5.51. The van der Waals surface area contributed by atoms with Gasteiger partial charge in [-0.05, 0) is 33.8 Å². The number of thiophene rings is 1. The first kappa shape index (κ1) is 16.8. The highest BCUT2D eigenvalue weighted by molar-refractivity contribution is 9.10. The van der Waals surface area contributed by atoms with Crippen molar-refractivity contribution in [2.45, 2.75) is 32.4 Å². The second kappa shape index (κ2) is 7.21. The summed E-state index contributed by atoms with van der Waals surface area (Å²) in [6.07, 6.45) is 1.55. The number of hydrogen-bond acceptors (Lipinski definition) is 5. The van der Waals surface area contributed by atoms with E-state index in [4.69, 9.17) is 21.8 Å². The van der Waals surface area contributed by atoms with Crippen LogP contribution in [0.1, 0.15) is 24.0 Å². The van der Waals surface area contributed by atoms with Gasteiger partial charge in [0.15, 0.2) is 5.58 Å². The Morgan fingerprint density at radius 3 is 3.04 bits per heavy atom. The second-order valence-electron chi connectivity index (χ2n) is 5.31. The van der Waals surface area contributed by atoms with E-state index in [0.717, 1.165) is 34.4 Å². The van der Waals surface area contributed by atoms with Crippen molar-refractivity contribution in [3.05, 3.63) is 43.8 Å². The molecule has 3 rings (SSSR count). The molecule has 0 bridgehead atoms. The van der Waals surface area contributed by atoms with E-state index in [1.165, 1.54) is 4.88 Å². The fraction of sp³-hybridized carbons (Fsp3) is 0.312. The molecular weight excluding hydrogens is 398 g/mol. The number of halogens is 2. The molecule has 0 radical (unpaired) electrons. The molecular formula is C16H17BrClN3OS. The zero-order chi connectivity index (χ0) is 16.4. The molecule has 3 aromatic heterocycles. The molecule has 0 amide bonds. The van der Waals surface area contributed by atoms with Crippen LogP contribution in [0.2, 0.25) is 5.15 Å². The lowest BCUT2D eigenvalue weighted by Gasteiger charge is -2.06. The Bertz CT molecular complexity index is 803. The third kappa shape index (κ3) is 3.71. The van der Waals surface area contributed by atoms with Gasteiger partial charge < -0.3 is 15.5 Å². The lowest BCUT2D eigenvalue weighted by atomic mass is 10.1. The number of hydrogen-bond donors (Lipinski definition) is 2. The summed E-state index contributed by atoms with van der Waals surface area (Å²) in [4.78, 5) is 5.62. The van der Waals surface area contributed by atoms with Gasteiger partial charge in [0.25, 0.3) is 0 Å². The minimum Gasteiger partial charge on any atom is -0.456 e. The number of nitrogens with two attached hydrogens (primary N) is 1. The average Bonchev–Trinajstić information content (AvgIpc) is 3.15. The van der Waals surface area contributed by atoms with Gasteiger partial charge in [-0.1, -0.05) is 24.6 Å². The number of furan rings is 1. The van der Waals surface area contributed by atoms with Crippen LogP contribution in [0.15, 0.2) is 32.5 Å². The molecule has 0 unspecified atom stereocenters. The molecule has 0 aliphatic heterocycles. The molecule has 0 spiro atoms. The number of anilines is 1. The Balaban J connectivity index is 1.95. The summed E-state index contributed by atoms with van der Waals surface area (Å²) in [6.45, 7) is 2.78. The molecule has 3 N–H and O–H groups in total. The van der Waals surface area contributed by atoms with Crippen LogP contribution >= 0.6 is 38.9 Å². The number of nitrogens with one attached hydrogen (secondary N) is 1. The minimum absolute atomic E-state index is 0.0601. The molecule has 4 nitrogen and oxygen atoms in total. The summed E-state index contributed by atoms with van der Waals surface area (Å²) in [5.74, 6) is 0.809. The quantitative estimate of drug-likeness (QED) is 0.544. The zero-order valence-electron chi connectivity index (χ0n) is 12.6. The van der Waals surface area contributed by atoms with E-state index in [9.17, 15) is 0 Å². The fourth-order valence-corrected chi connectivity index (χ4v) is 3.64. The Labute approximate surface area is 152 Å². The normalized spacial score (nSPS) is 12.7. The Hall–Kier alpha value is -1.08. The van der Waals surface area contributed by atoms with Gasteiger partial charge in [-0.25, -0.2) is 4.98 Å². The largest absolute Gasteiger partial charge is 0.456 e. The second-order valence-corrected chi connectivity index (χ2v) is 7.53. The van der Waals surface area contributed by atoms with Crippen LogP contribution < -0.4 is 11.1 Å². The van der Waals surface area contributed by atoms with Crippen molar-refractivity contribution in [2.75, 3.05) is 5.32 Å². The molecule has 0 saturated carbocycles. The van der Waals surface area contributed by atoms with Crippen molar-refractivity contribution in [1.82, 2.24) is 4.98 Å². The highest BCUT2D eigenvalue weighted by Crippen LogP contribution is 2.36. The molecule has 1 atom stereocenters. The van der Waals surface area contributed by atoms with Gasteiger partial charge >= 0.3 is 0 Å². The van der Waals surface area contributed by atoms with Gasteiger partial charge in [-0.3, -0.25) is 0 Å². The molecule has 0 aliphatic rings. The summed E-state index contributed by atoms with van der Waals surface area (Å²) < 4.78 is 6.85. The monoisotopic (exact) mass is 413 g/mol. The predicted molar refractivity (Wildman–Crippen MR) is 100 cm³/mol. The van der Waals surface area contributed by atoms with E-state index in [-0.39, 0.29) is 6.04 Å². The number of aromatic nitrogens is 1. The first-order chi connectivity index (χ1) is 11.1. The van der Waals surface area contributed by atoms with Crippen LogP contribution in [0.3, 0.4) is 0 Å². The summed E-state index contributed by atoms with van der Waals surface area (Å²) in [5.41, 5.74) is 8.31. The van der Waals surface area contributed by atoms with Crippen LogP contribution in [0.4, 0.5) is 5.69 Å². The van der Waals surface area contributed by atoms with Crippen molar-refractivity contribution in [3.8, 4) is 0 Å². The number of fused-ring (bicyclic) bond motifs is 1. The highest BCUT2D eigenvalue weighted by atomic mass is 79.9. The number of nitrogens with zero attached hydrogens (tertiary/aromatic N) is 1. The SMILES string of the molecule is CC[C@H](N)Cc1oc2c(NCc3cccs3)cc(Cl)nc2c1Br. The van der Waals surface area contributed by atoms with Gasteiger partial charge in [0, 0.05) is 30.0 Å². The summed E-state index contributed by atoms with van der Waals surface area (Å²) in [6, 6.07) is 5.97. The Kier molecular flexibility index (Phi) is 5.26. The van der Waals surface area contributed by atoms with E-state index in [1.807, 2.05) is 6.07 Å². The maximum absolute atomic E-state index is 6.16. The van der Waals surface area contributed by atoms with Gasteiger partial charge in [0.05, 0.1) is 10.2 Å². The molecule has 0 fully saturated rings. The van der Waals surface area contributed by atoms with Gasteiger partial charge in [0.2, 0.25) is 0 Å².